The maximum absolute atomic E-state index is 12.5. The molecule has 1 saturated heterocycles. The topological polar surface area (TPSA) is 89.8 Å². The summed E-state index contributed by atoms with van der Waals surface area (Å²) in [4.78, 5) is 16.6. The minimum atomic E-state index is -0.266. The molecule has 4 atom stereocenters. The third-order valence-electron chi connectivity index (χ3n) is 4.97. The number of nitrogens with zero attached hydrogens (tertiary/aromatic N) is 2. The molecule has 4 unspecified atom stereocenters. The predicted molar refractivity (Wildman–Crippen MR) is 86.8 cm³/mol. The summed E-state index contributed by atoms with van der Waals surface area (Å²) < 4.78 is 0. The second-order valence-corrected chi connectivity index (χ2v) is 6.78. The first-order valence-electron chi connectivity index (χ1n) is 7.88. The summed E-state index contributed by atoms with van der Waals surface area (Å²) in [5, 5.41) is 12.3. The highest BCUT2D eigenvalue weighted by Gasteiger charge is 2.38. The van der Waals surface area contributed by atoms with Crippen molar-refractivity contribution < 1.29 is 4.79 Å². The molecule has 2 fully saturated rings. The zero-order valence-corrected chi connectivity index (χ0v) is 13.9. The van der Waals surface area contributed by atoms with Crippen LogP contribution in [0.3, 0.4) is 0 Å². The number of hydrazine groups is 1. The molecule has 122 valence electrons. The molecule has 7 heteroatoms. The summed E-state index contributed by atoms with van der Waals surface area (Å²) in [5.74, 6) is 0.248. The molecule has 2 aliphatic rings. The molecule has 1 amide bonds. The lowest BCUT2D eigenvalue weighted by molar-refractivity contribution is 0.0910. The first-order chi connectivity index (χ1) is 11.0. The Morgan fingerprint density at radius 3 is 3.00 bits per heavy atom. The number of nitrogens with one attached hydrogen (secondary N) is 3. The number of amides is 1. The van der Waals surface area contributed by atoms with Gasteiger partial charge in [0.1, 0.15) is 11.8 Å². The molecule has 3 N–H and O–H groups in total. The lowest BCUT2D eigenvalue weighted by Gasteiger charge is -2.32. The van der Waals surface area contributed by atoms with Crippen LogP contribution in [-0.4, -0.2) is 29.0 Å². The Balaban J connectivity index is 1.70. The van der Waals surface area contributed by atoms with E-state index in [0.29, 0.717) is 29.1 Å². The quantitative estimate of drug-likeness (QED) is 0.766. The van der Waals surface area contributed by atoms with Crippen molar-refractivity contribution in [2.45, 2.75) is 51.2 Å². The first-order valence-corrected chi connectivity index (χ1v) is 8.26. The van der Waals surface area contributed by atoms with E-state index in [1.54, 1.807) is 6.92 Å². The van der Waals surface area contributed by atoms with Gasteiger partial charge in [-0.3, -0.25) is 15.6 Å². The van der Waals surface area contributed by atoms with E-state index in [4.69, 9.17) is 16.9 Å². The van der Waals surface area contributed by atoms with Crippen LogP contribution in [0.4, 0.5) is 0 Å². The standard InChI is InChI=1S/C16H20ClN5O/c1-8-10(6-18)7-19-15(14(8)17)16(23)20-11-3-4-13-12(5-11)9(2)21-22-13/h7,9,11-13,21-22H,3-5H2,1-2H3,(H,20,23). The Bertz CT molecular complexity index is 671. The minimum Gasteiger partial charge on any atom is -0.348 e. The van der Waals surface area contributed by atoms with E-state index < -0.39 is 0 Å². The smallest absolute Gasteiger partial charge is 0.271 e. The zero-order valence-electron chi connectivity index (χ0n) is 13.2. The molecule has 1 aromatic rings. The summed E-state index contributed by atoms with van der Waals surface area (Å²) in [6.07, 6.45) is 4.30. The van der Waals surface area contributed by atoms with E-state index in [0.717, 1.165) is 19.3 Å². The van der Waals surface area contributed by atoms with Crippen molar-refractivity contribution in [3.8, 4) is 6.07 Å². The number of rotatable bonds is 2. The van der Waals surface area contributed by atoms with Gasteiger partial charge >= 0.3 is 0 Å². The number of fused-ring (bicyclic) bond motifs is 1. The fourth-order valence-corrected chi connectivity index (χ4v) is 3.75. The number of nitriles is 1. The van der Waals surface area contributed by atoms with E-state index in [2.05, 4.69) is 28.1 Å². The molecule has 0 radical (unpaired) electrons. The highest BCUT2D eigenvalue weighted by atomic mass is 35.5. The van der Waals surface area contributed by atoms with Crippen LogP contribution < -0.4 is 16.2 Å². The predicted octanol–water partition coefficient (Wildman–Crippen LogP) is 1.68. The maximum atomic E-state index is 12.5. The molecule has 23 heavy (non-hydrogen) atoms. The van der Waals surface area contributed by atoms with Crippen molar-refractivity contribution in [1.82, 2.24) is 21.2 Å². The van der Waals surface area contributed by atoms with Crippen LogP contribution in [0.15, 0.2) is 6.20 Å². The molecule has 6 nitrogen and oxygen atoms in total. The fraction of sp³-hybridized carbons (Fsp3) is 0.562. The van der Waals surface area contributed by atoms with E-state index in [1.165, 1.54) is 6.20 Å². The number of carbonyl (C=O) groups is 1. The second-order valence-electron chi connectivity index (χ2n) is 6.40. The highest BCUT2D eigenvalue weighted by Crippen LogP contribution is 2.30. The number of carbonyl (C=O) groups excluding carboxylic acids is 1. The molecule has 0 spiro atoms. The molecule has 1 aromatic heterocycles. The van der Waals surface area contributed by atoms with Gasteiger partial charge in [-0.25, -0.2) is 4.98 Å². The highest BCUT2D eigenvalue weighted by molar-refractivity contribution is 6.34. The van der Waals surface area contributed by atoms with Crippen LogP contribution in [0.5, 0.6) is 0 Å². The Kier molecular flexibility index (Phi) is 4.53. The average Bonchev–Trinajstić information content (AvgIpc) is 2.91. The van der Waals surface area contributed by atoms with E-state index >= 15 is 0 Å². The zero-order chi connectivity index (χ0) is 16.6. The number of hydrogen-bond acceptors (Lipinski definition) is 5. The molecule has 0 bridgehead atoms. The van der Waals surface area contributed by atoms with Crippen LogP contribution in [0.2, 0.25) is 5.02 Å². The molecular formula is C16H20ClN5O. The van der Waals surface area contributed by atoms with Gasteiger partial charge in [0.25, 0.3) is 5.91 Å². The average molecular weight is 334 g/mol. The fourth-order valence-electron chi connectivity index (χ4n) is 3.52. The molecule has 3 rings (SSSR count). The lowest BCUT2D eigenvalue weighted by Crippen LogP contribution is -2.44. The van der Waals surface area contributed by atoms with Crippen LogP contribution in [0.1, 0.15) is 47.8 Å². The Morgan fingerprint density at radius 2 is 2.26 bits per heavy atom. The van der Waals surface area contributed by atoms with Gasteiger partial charge in [-0.15, -0.1) is 0 Å². The maximum Gasteiger partial charge on any atom is 0.271 e. The van der Waals surface area contributed by atoms with Crippen LogP contribution in [0, 0.1) is 24.2 Å². The van der Waals surface area contributed by atoms with Gasteiger partial charge in [0.15, 0.2) is 0 Å². The molecule has 1 aliphatic heterocycles. The van der Waals surface area contributed by atoms with Crippen molar-refractivity contribution >= 4 is 17.5 Å². The Morgan fingerprint density at radius 1 is 1.48 bits per heavy atom. The van der Waals surface area contributed by atoms with Crippen LogP contribution in [0.25, 0.3) is 0 Å². The molecule has 2 heterocycles. The molecule has 0 aromatic carbocycles. The van der Waals surface area contributed by atoms with E-state index in [9.17, 15) is 4.79 Å². The monoisotopic (exact) mass is 333 g/mol. The summed E-state index contributed by atoms with van der Waals surface area (Å²) in [6, 6.07) is 3.03. The van der Waals surface area contributed by atoms with Crippen molar-refractivity contribution in [3.05, 3.63) is 28.0 Å². The third kappa shape index (κ3) is 3.05. The summed E-state index contributed by atoms with van der Waals surface area (Å²) in [5.41, 5.74) is 7.77. The number of aromatic nitrogens is 1. The van der Waals surface area contributed by atoms with Crippen LogP contribution >= 0.6 is 11.6 Å². The second kappa shape index (κ2) is 6.44. The van der Waals surface area contributed by atoms with Crippen LogP contribution in [-0.2, 0) is 0 Å². The van der Waals surface area contributed by atoms with Crippen molar-refractivity contribution in [1.29, 1.82) is 5.26 Å². The van der Waals surface area contributed by atoms with Gasteiger partial charge in [-0.1, -0.05) is 11.6 Å². The normalized spacial score (nSPS) is 29.7. The summed E-state index contributed by atoms with van der Waals surface area (Å²) in [7, 11) is 0. The number of halogens is 1. The van der Waals surface area contributed by atoms with Gasteiger partial charge in [0, 0.05) is 24.3 Å². The van der Waals surface area contributed by atoms with E-state index in [1.807, 2.05) is 6.07 Å². The van der Waals surface area contributed by atoms with Gasteiger partial charge in [-0.05, 0) is 44.6 Å². The van der Waals surface area contributed by atoms with Gasteiger partial charge < -0.3 is 5.32 Å². The molecular weight excluding hydrogens is 314 g/mol. The van der Waals surface area contributed by atoms with Gasteiger partial charge in [0.2, 0.25) is 0 Å². The Hall–Kier alpha value is -1.68. The van der Waals surface area contributed by atoms with Gasteiger partial charge in [-0.2, -0.15) is 5.26 Å². The SMILES string of the molecule is Cc1c(C#N)cnc(C(=O)NC2CCC3NNC(C)C3C2)c1Cl. The summed E-state index contributed by atoms with van der Waals surface area (Å²) in [6.45, 7) is 3.88. The number of hydrogen-bond donors (Lipinski definition) is 3. The van der Waals surface area contributed by atoms with Crippen molar-refractivity contribution in [2.24, 2.45) is 5.92 Å². The first kappa shape index (κ1) is 16.2. The van der Waals surface area contributed by atoms with Crippen molar-refractivity contribution in [3.63, 3.8) is 0 Å². The summed E-state index contributed by atoms with van der Waals surface area (Å²) >= 11 is 6.21. The molecule has 1 aliphatic carbocycles. The largest absolute Gasteiger partial charge is 0.348 e. The Labute approximate surface area is 140 Å². The van der Waals surface area contributed by atoms with Crippen molar-refractivity contribution in [2.75, 3.05) is 0 Å². The number of pyridine rings is 1. The third-order valence-corrected chi connectivity index (χ3v) is 5.44. The van der Waals surface area contributed by atoms with Gasteiger partial charge in [0.05, 0.1) is 10.6 Å². The lowest BCUT2D eigenvalue weighted by atomic mass is 9.79. The molecule has 1 saturated carbocycles. The minimum absolute atomic E-state index is 0.127. The van der Waals surface area contributed by atoms with E-state index in [-0.39, 0.29) is 22.7 Å².